The van der Waals surface area contributed by atoms with E-state index < -0.39 is 0 Å². The van der Waals surface area contributed by atoms with E-state index in [-0.39, 0.29) is 0 Å². The molecule has 2 aromatic heterocycles. The van der Waals surface area contributed by atoms with Gasteiger partial charge >= 0.3 is 0 Å². The first kappa shape index (κ1) is 12.5. The van der Waals surface area contributed by atoms with Gasteiger partial charge in [-0.15, -0.1) is 0 Å². The van der Waals surface area contributed by atoms with Crippen molar-refractivity contribution in [1.82, 2.24) is 19.6 Å². The average molecular weight is 268 g/mol. The number of para-hydroxylation sites is 1. The fraction of sp³-hybridized carbons (Fsp3) is 0.200. The summed E-state index contributed by atoms with van der Waals surface area (Å²) in [6, 6.07) is 10.0. The molecule has 20 heavy (non-hydrogen) atoms. The summed E-state index contributed by atoms with van der Waals surface area (Å²) < 4.78 is 9.36. The minimum atomic E-state index is 0.488. The second-order valence-electron chi connectivity index (χ2n) is 4.45. The fourth-order valence-electron chi connectivity index (χ4n) is 1.92. The van der Waals surface area contributed by atoms with Crippen LogP contribution in [0.2, 0.25) is 0 Å². The Morgan fingerprint density at radius 1 is 1.05 bits per heavy atom. The fourth-order valence-corrected chi connectivity index (χ4v) is 1.92. The highest BCUT2D eigenvalue weighted by Gasteiger charge is 2.03. The smallest absolute Gasteiger partial charge is 0.157 e. The largest absolute Gasteiger partial charge is 0.485 e. The molecular weight excluding hydrogens is 252 g/mol. The summed E-state index contributed by atoms with van der Waals surface area (Å²) in [5.74, 6) is 0.777. The SMILES string of the molecule is CCn1cc(OCc2cnn(-c3ccccc3)c2)cn1. The molecule has 0 radical (unpaired) electrons. The van der Waals surface area contributed by atoms with Crippen molar-refractivity contribution in [3.63, 3.8) is 0 Å². The van der Waals surface area contributed by atoms with Gasteiger partial charge < -0.3 is 4.74 Å². The number of hydrogen-bond donors (Lipinski definition) is 0. The number of rotatable bonds is 5. The second-order valence-corrected chi connectivity index (χ2v) is 4.45. The van der Waals surface area contributed by atoms with Gasteiger partial charge in [0, 0.05) is 18.3 Å². The molecule has 0 bridgehead atoms. The lowest BCUT2D eigenvalue weighted by atomic mass is 10.3. The van der Waals surface area contributed by atoms with Gasteiger partial charge in [-0.1, -0.05) is 18.2 Å². The van der Waals surface area contributed by atoms with Crippen molar-refractivity contribution in [2.75, 3.05) is 0 Å². The van der Waals surface area contributed by atoms with Crippen molar-refractivity contribution in [3.8, 4) is 11.4 Å². The summed E-state index contributed by atoms with van der Waals surface area (Å²) >= 11 is 0. The first-order valence-corrected chi connectivity index (χ1v) is 6.59. The summed E-state index contributed by atoms with van der Waals surface area (Å²) in [4.78, 5) is 0. The van der Waals surface area contributed by atoms with Crippen LogP contribution in [0.5, 0.6) is 5.75 Å². The van der Waals surface area contributed by atoms with Gasteiger partial charge in [0.2, 0.25) is 0 Å². The van der Waals surface area contributed by atoms with Crippen molar-refractivity contribution in [2.45, 2.75) is 20.1 Å². The van der Waals surface area contributed by atoms with Gasteiger partial charge in [-0.3, -0.25) is 4.68 Å². The zero-order valence-corrected chi connectivity index (χ0v) is 11.3. The van der Waals surface area contributed by atoms with Gasteiger partial charge in [0.05, 0.1) is 24.3 Å². The normalized spacial score (nSPS) is 10.7. The molecule has 0 N–H and O–H groups in total. The highest BCUT2D eigenvalue weighted by molar-refractivity contribution is 5.30. The number of nitrogens with zero attached hydrogens (tertiary/aromatic N) is 4. The molecule has 0 aliphatic heterocycles. The van der Waals surface area contributed by atoms with E-state index in [4.69, 9.17) is 4.74 Å². The Morgan fingerprint density at radius 2 is 1.90 bits per heavy atom. The van der Waals surface area contributed by atoms with E-state index in [0.29, 0.717) is 6.61 Å². The Balaban J connectivity index is 1.65. The summed E-state index contributed by atoms with van der Waals surface area (Å²) in [7, 11) is 0. The topological polar surface area (TPSA) is 44.9 Å². The lowest BCUT2D eigenvalue weighted by Gasteiger charge is -2.01. The van der Waals surface area contributed by atoms with Crippen molar-refractivity contribution in [1.29, 1.82) is 0 Å². The maximum absolute atomic E-state index is 5.69. The molecule has 0 aliphatic rings. The maximum Gasteiger partial charge on any atom is 0.157 e. The molecule has 0 atom stereocenters. The number of benzene rings is 1. The van der Waals surface area contributed by atoms with Crippen molar-refractivity contribution >= 4 is 0 Å². The number of aryl methyl sites for hydroxylation is 1. The predicted molar refractivity (Wildman–Crippen MR) is 75.8 cm³/mol. The van der Waals surface area contributed by atoms with E-state index in [9.17, 15) is 0 Å². The quantitative estimate of drug-likeness (QED) is 0.714. The lowest BCUT2D eigenvalue weighted by Crippen LogP contribution is -1.95. The Kier molecular flexibility index (Phi) is 3.50. The van der Waals surface area contributed by atoms with Gasteiger partial charge in [0.1, 0.15) is 6.61 Å². The molecule has 2 heterocycles. The van der Waals surface area contributed by atoms with Crippen molar-refractivity contribution in [3.05, 3.63) is 60.7 Å². The molecular formula is C15H16N4O. The highest BCUT2D eigenvalue weighted by atomic mass is 16.5. The molecule has 3 rings (SSSR count). The van der Waals surface area contributed by atoms with Crippen LogP contribution in [0.25, 0.3) is 5.69 Å². The number of aromatic nitrogens is 4. The second kappa shape index (κ2) is 5.61. The molecule has 0 amide bonds. The molecule has 1 aromatic carbocycles. The minimum absolute atomic E-state index is 0.488. The van der Waals surface area contributed by atoms with Crippen molar-refractivity contribution in [2.24, 2.45) is 0 Å². The van der Waals surface area contributed by atoms with Gasteiger partial charge in [-0.2, -0.15) is 10.2 Å². The third-order valence-corrected chi connectivity index (χ3v) is 3.00. The third kappa shape index (κ3) is 2.71. The van der Waals surface area contributed by atoms with Crippen LogP contribution >= 0.6 is 0 Å². The molecule has 0 aliphatic carbocycles. The number of hydrogen-bond acceptors (Lipinski definition) is 3. The molecule has 0 saturated heterocycles. The van der Waals surface area contributed by atoms with E-state index in [1.807, 2.05) is 65.2 Å². The van der Waals surface area contributed by atoms with Crippen LogP contribution in [-0.2, 0) is 13.2 Å². The first-order chi connectivity index (χ1) is 9.85. The van der Waals surface area contributed by atoms with E-state index in [0.717, 1.165) is 23.5 Å². The molecule has 0 unspecified atom stereocenters. The van der Waals surface area contributed by atoms with Gasteiger partial charge in [-0.05, 0) is 19.1 Å². The van der Waals surface area contributed by atoms with Crippen LogP contribution in [0.1, 0.15) is 12.5 Å². The summed E-state index contributed by atoms with van der Waals surface area (Å²) in [6.07, 6.45) is 7.41. The van der Waals surface area contributed by atoms with E-state index in [1.165, 1.54) is 0 Å². The third-order valence-electron chi connectivity index (χ3n) is 3.00. The summed E-state index contributed by atoms with van der Waals surface area (Å²) in [5.41, 5.74) is 2.07. The van der Waals surface area contributed by atoms with Crippen LogP contribution in [-0.4, -0.2) is 19.6 Å². The first-order valence-electron chi connectivity index (χ1n) is 6.59. The van der Waals surface area contributed by atoms with Crippen LogP contribution in [0, 0.1) is 0 Å². The molecule has 0 fully saturated rings. The van der Waals surface area contributed by atoms with Gasteiger partial charge in [0.25, 0.3) is 0 Å². The molecule has 5 heteroatoms. The molecule has 3 aromatic rings. The molecule has 102 valence electrons. The van der Waals surface area contributed by atoms with Gasteiger partial charge in [0.15, 0.2) is 5.75 Å². The standard InChI is InChI=1S/C15H16N4O/c1-2-18-11-15(9-16-18)20-12-13-8-17-19(10-13)14-6-4-3-5-7-14/h3-11H,2,12H2,1H3. The minimum Gasteiger partial charge on any atom is -0.485 e. The Labute approximate surface area is 117 Å². The van der Waals surface area contributed by atoms with Crippen LogP contribution < -0.4 is 4.74 Å². The highest BCUT2D eigenvalue weighted by Crippen LogP contribution is 2.12. The molecule has 0 saturated carbocycles. The van der Waals surface area contributed by atoms with E-state index in [1.54, 1.807) is 6.20 Å². The zero-order chi connectivity index (χ0) is 13.8. The lowest BCUT2D eigenvalue weighted by molar-refractivity contribution is 0.305. The Bertz CT molecular complexity index is 672. The maximum atomic E-state index is 5.69. The Morgan fingerprint density at radius 3 is 2.65 bits per heavy atom. The summed E-state index contributed by atoms with van der Waals surface area (Å²) in [5, 5.41) is 8.51. The van der Waals surface area contributed by atoms with Gasteiger partial charge in [-0.25, -0.2) is 4.68 Å². The predicted octanol–water partition coefficient (Wildman–Crippen LogP) is 2.67. The average Bonchev–Trinajstić information content (AvgIpc) is 3.15. The Hall–Kier alpha value is -2.56. The molecule has 0 spiro atoms. The van der Waals surface area contributed by atoms with Crippen LogP contribution in [0.4, 0.5) is 0 Å². The van der Waals surface area contributed by atoms with E-state index >= 15 is 0 Å². The molecule has 5 nitrogen and oxygen atoms in total. The van der Waals surface area contributed by atoms with Crippen molar-refractivity contribution < 1.29 is 4.74 Å². The zero-order valence-electron chi connectivity index (χ0n) is 11.3. The summed E-state index contributed by atoms with van der Waals surface area (Å²) in [6.45, 7) is 3.37. The van der Waals surface area contributed by atoms with E-state index in [2.05, 4.69) is 10.2 Å². The number of ether oxygens (including phenoxy) is 1. The van der Waals surface area contributed by atoms with Crippen LogP contribution in [0.3, 0.4) is 0 Å². The monoisotopic (exact) mass is 268 g/mol. The van der Waals surface area contributed by atoms with Crippen LogP contribution in [0.15, 0.2) is 55.1 Å².